The normalized spacial score (nSPS) is 13.2. The summed E-state index contributed by atoms with van der Waals surface area (Å²) in [5.74, 6) is 1.68. The molecule has 0 radical (unpaired) electrons. The van der Waals surface area contributed by atoms with E-state index in [4.69, 9.17) is 4.74 Å². The molecule has 0 fully saturated rings. The molecule has 2 N–H and O–H groups in total. The van der Waals surface area contributed by atoms with Gasteiger partial charge in [0.15, 0.2) is 0 Å². The maximum absolute atomic E-state index is 5.81. The Hall–Kier alpha value is -4.00. The number of hydrogen-bond donors (Lipinski definition) is 2. The maximum atomic E-state index is 5.81. The fraction of sp³-hybridized carbons (Fsp3) is 0.167. The minimum absolute atomic E-state index is 0.561. The molecular weight excluding hydrogens is 388 g/mol. The number of anilines is 1. The van der Waals surface area contributed by atoms with Crippen molar-refractivity contribution in [2.45, 2.75) is 12.8 Å². The Kier molecular flexibility index (Phi) is 5.38. The maximum Gasteiger partial charge on any atom is 0.125 e. The van der Waals surface area contributed by atoms with Crippen molar-refractivity contribution in [1.29, 1.82) is 0 Å². The second-order valence-corrected chi connectivity index (χ2v) is 7.37. The number of pyridine rings is 1. The molecule has 0 spiro atoms. The Morgan fingerprint density at radius 2 is 1.94 bits per heavy atom. The molecule has 154 valence electrons. The Balaban J connectivity index is 1.11. The zero-order valence-electron chi connectivity index (χ0n) is 17.0. The minimum atomic E-state index is 0.561. The number of ether oxygens (including phenoxy) is 1. The van der Waals surface area contributed by atoms with Crippen LogP contribution in [0.4, 0.5) is 5.82 Å². The molecule has 0 amide bonds. The summed E-state index contributed by atoms with van der Waals surface area (Å²) in [6, 6.07) is 20.1. The van der Waals surface area contributed by atoms with Gasteiger partial charge < -0.3 is 10.1 Å². The van der Waals surface area contributed by atoms with E-state index in [-0.39, 0.29) is 0 Å². The van der Waals surface area contributed by atoms with Crippen LogP contribution in [0.25, 0.3) is 10.9 Å². The average Bonchev–Trinajstić information content (AvgIpc) is 3.47. The van der Waals surface area contributed by atoms with Crippen LogP contribution in [0, 0.1) is 0 Å². The van der Waals surface area contributed by atoms with Gasteiger partial charge in [0.05, 0.1) is 29.7 Å². The topological polar surface area (TPSA) is 87.5 Å². The van der Waals surface area contributed by atoms with E-state index in [0.717, 1.165) is 52.3 Å². The highest BCUT2D eigenvalue weighted by Gasteiger charge is 2.15. The molecule has 4 aromatic rings. The molecule has 7 heteroatoms. The first-order valence-electron chi connectivity index (χ1n) is 10.3. The van der Waals surface area contributed by atoms with Gasteiger partial charge in [-0.1, -0.05) is 12.1 Å². The molecule has 1 aliphatic heterocycles. The van der Waals surface area contributed by atoms with Crippen LogP contribution >= 0.6 is 0 Å². The van der Waals surface area contributed by atoms with E-state index in [0.29, 0.717) is 13.2 Å². The summed E-state index contributed by atoms with van der Waals surface area (Å²) in [5, 5.41) is 20.2. The van der Waals surface area contributed by atoms with Crippen molar-refractivity contribution >= 4 is 28.1 Å². The molecule has 0 saturated heterocycles. The molecular formula is C24H22N6O. The second-order valence-electron chi connectivity index (χ2n) is 7.37. The molecule has 0 atom stereocenters. The van der Waals surface area contributed by atoms with Gasteiger partial charge in [-0.05, 0) is 59.7 Å². The highest BCUT2D eigenvalue weighted by molar-refractivity contribution is 6.15. The first-order valence-corrected chi connectivity index (χ1v) is 10.3. The molecule has 0 unspecified atom stereocenters. The molecule has 2 aromatic carbocycles. The Morgan fingerprint density at radius 3 is 2.81 bits per heavy atom. The van der Waals surface area contributed by atoms with Crippen LogP contribution in [-0.2, 0) is 6.42 Å². The third-order valence-electron chi connectivity index (χ3n) is 5.13. The number of hydrogen-bond acceptors (Lipinski definition) is 6. The van der Waals surface area contributed by atoms with Crippen molar-refractivity contribution < 1.29 is 4.74 Å². The summed E-state index contributed by atoms with van der Waals surface area (Å²) < 4.78 is 5.81. The van der Waals surface area contributed by atoms with E-state index in [2.05, 4.69) is 48.9 Å². The van der Waals surface area contributed by atoms with Crippen LogP contribution in [0.15, 0.2) is 83.3 Å². The highest BCUT2D eigenvalue weighted by atomic mass is 16.5. The second kappa shape index (κ2) is 8.79. The number of rotatable bonds is 8. The number of fused-ring (bicyclic) bond motifs is 1. The van der Waals surface area contributed by atoms with Gasteiger partial charge in [0.1, 0.15) is 18.2 Å². The van der Waals surface area contributed by atoms with Gasteiger partial charge in [-0.2, -0.15) is 15.3 Å². The zero-order valence-corrected chi connectivity index (χ0v) is 17.0. The number of aromatic amines is 1. The van der Waals surface area contributed by atoms with Crippen molar-refractivity contribution in [2.75, 3.05) is 18.5 Å². The van der Waals surface area contributed by atoms with E-state index in [1.165, 1.54) is 5.56 Å². The van der Waals surface area contributed by atoms with Crippen molar-refractivity contribution in [2.24, 2.45) is 10.2 Å². The van der Waals surface area contributed by atoms with Gasteiger partial charge in [-0.3, -0.25) is 5.10 Å². The third-order valence-corrected chi connectivity index (χ3v) is 5.13. The van der Waals surface area contributed by atoms with Crippen LogP contribution in [0.2, 0.25) is 0 Å². The number of nitrogens with zero attached hydrogens (tertiary/aromatic N) is 4. The van der Waals surface area contributed by atoms with E-state index < -0.39 is 0 Å². The summed E-state index contributed by atoms with van der Waals surface area (Å²) in [6.07, 6.45) is 5.16. The standard InChI is InChI=1S/C24H22N6O/c1-2-10-25-24(3-1)26-11-12-31-21-7-5-18(6-8-21)23-15-20(28-30-23)14-17-4-9-22-19(13-17)16-27-29-22/h1-10,13,16H,11-12,14-15H2,(H,25,26)(H,27,29). The smallest absolute Gasteiger partial charge is 0.125 e. The van der Waals surface area contributed by atoms with E-state index >= 15 is 0 Å². The van der Waals surface area contributed by atoms with E-state index in [9.17, 15) is 0 Å². The molecule has 0 bridgehead atoms. The monoisotopic (exact) mass is 410 g/mol. The van der Waals surface area contributed by atoms with E-state index in [1.54, 1.807) is 6.20 Å². The summed E-state index contributed by atoms with van der Waals surface area (Å²) in [5.41, 5.74) is 5.39. The van der Waals surface area contributed by atoms with Gasteiger partial charge in [-0.15, -0.1) is 0 Å². The first kappa shape index (κ1) is 19.0. The molecule has 5 rings (SSSR count). The fourth-order valence-electron chi connectivity index (χ4n) is 3.55. The first-order chi connectivity index (χ1) is 15.3. The van der Waals surface area contributed by atoms with Crippen LogP contribution in [0.5, 0.6) is 5.75 Å². The molecule has 0 saturated carbocycles. The van der Waals surface area contributed by atoms with Crippen LogP contribution in [-0.4, -0.2) is 39.8 Å². The summed E-state index contributed by atoms with van der Waals surface area (Å²) in [6.45, 7) is 1.25. The summed E-state index contributed by atoms with van der Waals surface area (Å²) in [4.78, 5) is 4.23. The number of nitrogens with one attached hydrogen (secondary N) is 2. The zero-order chi connectivity index (χ0) is 20.9. The third kappa shape index (κ3) is 4.61. The molecule has 7 nitrogen and oxygen atoms in total. The molecule has 0 aliphatic carbocycles. The lowest BCUT2D eigenvalue weighted by atomic mass is 10.0. The molecule has 2 aromatic heterocycles. The Bertz CT molecular complexity index is 1230. The van der Waals surface area contributed by atoms with Crippen LogP contribution in [0.3, 0.4) is 0 Å². The SMILES string of the molecule is c1ccc(NCCOc2ccc(C3=NN=C(Cc4ccc5[nH]ncc5c4)C3)cc2)nc1. The number of H-pyrrole nitrogens is 1. The highest BCUT2D eigenvalue weighted by Crippen LogP contribution is 2.19. The number of aromatic nitrogens is 3. The Labute approximate surface area is 179 Å². The van der Waals surface area contributed by atoms with Gasteiger partial charge in [0.2, 0.25) is 0 Å². The van der Waals surface area contributed by atoms with Gasteiger partial charge in [-0.25, -0.2) is 4.98 Å². The van der Waals surface area contributed by atoms with Crippen molar-refractivity contribution in [3.63, 3.8) is 0 Å². The van der Waals surface area contributed by atoms with Crippen molar-refractivity contribution in [3.8, 4) is 5.75 Å². The predicted octanol–water partition coefficient (Wildman–Crippen LogP) is 4.24. The van der Waals surface area contributed by atoms with Crippen molar-refractivity contribution in [3.05, 3.63) is 84.2 Å². The molecule has 3 heterocycles. The lowest BCUT2D eigenvalue weighted by Crippen LogP contribution is -2.12. The van der Waals surface area contributed by atoms with E-state index in [1.807, 2.05) is 48.7 Å². The lowest BCUT2D eigenvalue weighted by molar-refractivity contribution is 0.333. The molecule has 1 aliphatic rings. The minimum Gasteiger partial charge on any atom is -0.492 e. The Morgan fingerprint density at radius 1 is 1.00 bits per heavy atom. The van der Waals surface area contributed by atoms with Crippen LogP contribution < -0.4 is 10.1 Å². The van der Waals surface area contributed by atoms with Crippen LogP contribution in [0.1, 0.15) is 17.5 Å². The number of benzene rings is 2. The summed E-state index contributed by atoms with van der Waals surface area (Å²) in [7, 11) is 0. The predicted molar refractivity (Wildman–Crippen MR) is 123 cm³/mol. The van der Waals surface area contributed by atoms with Gasteiger partial charge in [0, 0.05) is 24.4 Å². The summed E-state index contributed by atoms with van der Waals surface area (Å²) >= 11 is 0. The van der Waals surface area contributed by atoms with Gasteiger partial charge >= 0.3 is 0 Å². The quantitative estimate of drug-likeness (QED) is 0.425. The molecule has 31 heavy (non-hydrogen) atoms. The lowest BCUT2D eigenvalue weighted by Gasteiger charge is -2.09. The largest absolute Gasteiger partial charge is 0.492 e. The fourth-order valence-corrected chi connectivity index (χ4v) is 3.55. The van der Waals surface area contributed by atoms with Gasteiger partial charge in [0.25, 0.3) is 0 Å². The average molecular weight is 410 g/mol. The van der Waals surface area contributed by atoms with Crippen molar-refractivity contribution in [1.82, 2.24) is 15.2 Å².